The van der Waals surface area contributed by atoms with Crippen molar-refractivity contribution in [3.63, 3.8) is 0 Å². The Hall–Kier alpha value is -3.52. The molecule has 5 rings (SSSR count). The van der Waals surface area contributed by atoms with E-state index in [4.69, 9.17) is 4.74 Å². The number of hydrogen-bond acceptors (Lipinski definition) is 4. The molecule has 7 nitrogen and oxygen atoms in total. The molecule has 3 aromatic rings. The number of amides is 2. The van der Waals surface area contributed by atoms with E-state index in [1.165, 1.54) is 17.7 Å². The molecule has 1 N–H and O–H groups in total. The number of anilines is 1. The summed E-state index contributed by atoms with van der Waals surface area (Å²) in [6, 6.07) is 14.2. The van der Waals surface area contributed by atoms with Gasteiger partial charge in [0.05, 0.1) is 25.2 Å². The van der Waals surface area contributed by atoms with Crippen molar-refractivity contribution in [2.45, 2.75) is 51.9 Å². The van der Waals surface area contributed by atoms with Gasteiger partial charge in [-0.25, -0.2) is 9.37 Å². The molecule has 2 aromatic carbocycles. The van der Waals surface area contributed by atoms with Crippen molar-refractivity contribution in [3.8, 4) is 0 Å². The van der Waals surface area contributed by atoms with Gasteiger partial charge >= 0.3 is 0 Å². The molecule has 0 saturated carbocycles. The number of ether oxygens (including phenoxy) is 1. The summed E-state index contributed by atoms with van der Waals surface area (Å²) in [5, 5.41) is 3.04. The van der Waals surface area contributed by atoms with Crippen molar-refractivity contribution in [1.29, 1.82) is 0 Å². The van der Waals surface area contributed by atoms with Crippen LogP contribution in [-0.4, -0.2) is 39.4 Å². The lowest BCUT2D eigenvalue weighted by atomic mass is 9.95. The van der Waals surface area contributed by atoms with Crippen molar-refractivity contribution in [2.24, 2.45) is 5.92 Å². The van der Waals surface area contributed by atoms with E-state index in [1.54, 1.807) is 23.4 Å². The fraction of sp³-hybridized carbons (Fsp3) is 0.393. The van der Waals surface area contributed by atoms with E-state index in [9.17, 15) is 14.0 Å². The first-order valence-electron chi connectivity index (χ1n) is 12.5. The van der Waals surface area contributed by atoms with Crippen molar-refractivity contribution < 1.29 is 18.7 Å². The van der Waals surface area contributed by atoms with Crippen LogP contribution in [0.25, 0.3) is 0 Å². The van der Waals surface area contributed by atoms with Gasteiger partial charge in [-0.3, -0.25) is 9.59 Å². The largest absolute Gasteiger partial charge is 0.365 e. The zero-order chi connectivity index (χ0) is 25.2. The van der Waals surface area contributed by atoms with Crippen LogP contribution in [-0.2, 0) is 22.7 Å². The fourth-order valence-corrected chi connectivity index (χ4v) is 4.90. The first-order chi connectivity index (χ1) is 17.4. The standard InChI is InChI=1S/C28H31FN4O3/c1-18(2)21-4-3-5-23(14-21)31-27(34)20-10-12-32(13-11-20)28(35)26-24-16-36-25(15-33(24)17-30-26)19-6-8-22(29)9-7-19/h3-9,14,17-18,20,25H,10-13,15-16H2,1-2H3,(H,31,34)/t25-/m0/s1. The molecule has 1 saturated heterocycles. The third kappa shape index (κ3) is 5.04. The number of rotatable bonds is 5. The van der Waals surface area contributed by atoms with Crippen molar-refractivity contribution in [1.82, 2.24) is 14.5 Å². The maximum Gasteiger partial charge on any atom is 0.274 e. The second-order valence-corrected chi connectivity index (χ2v) is 9.88. The lowest BCUT2D eigenvalue weighted by Gasteiger charge is -2.31. The van der Waals surface area contributed by atoms with Gasteiger partial charge < -0.3 is 19.5 Å². The Morgan fingerprint density at radius 3 is 2.58 bits per heavy atom. The minimum Gasteiger partial charge on any atom is -0.365 e. The van der Waals surface area contributed by atoms with Crippen LogP contribution in [0.15, 0.2) is 54.9 Å². The Bertz CT molecular complexity index is 1250. The zero-order valence-electron chi connectivity index (χ0n) is 20.6. The molecule has 0 unspecified atom stereocenters. The van der Waals surface area contributed by atoms with Crippen molar-refractivity contribution in [2.75, 3.05) is 18.4 Å². The maximum atomic E-state index is 13.2. The number of carbonyl (C=O) groups is 2. The van der Waals surface area contributed by atoms with E-state index in [-0.39, 0.29) is 36.3 Å². The minimum atomic E-state index is -0.285. The van der Waals surface area contributed by atoms with E-state index in [1.807, 2.05) is 22.8 Å². The Balaban J connectivity index is 1.18. The van der Waals surface area contributed by atoms with Crippen LogP contribution in [0.5, 0.6) is 0 Å². The van der Waals surface area contributed by atoms with E-state index in [0.717, 1.165) is 16.9 Å². The quantitative estimate of drug-likeness (QED) is 0.552. The highest BCUT2D eigenvalue weighted by molar-refractivity contribution is 5.95. The normalized spacial score (nSPS) is 18.2. The summed E-state index contributed by atoms with van der Waals surface area (Å²) in [5.41, 5.74) is 4.04. The predicted octanol–water partition coefficient (Wildman–Crippen LogP) is 4.91. The minimum absolute atomic E-state index is 0.00242. The maximum absolute atomic E-state index is 13.2. The number of carbonyl (C=O) groups excluding carboxylic acids is 2. The van der Waals surface area contributed by atoms with Gasteiger partial charge in [-0.1, -0.05) is 38.1 Å². The molecule has 0 bridgehead atoms. The van der Waals surface area contributed by atoms with Crippen molar-refractivity contribution >= 4 is 17.5 Å². The number of nitrogens with zero attached hydrogens (tertiary/aromatic N) is 3. The molecule has 0 aliphatic carbocycles. The molecule has 2 aliphatic heterocycles. The van der Waals surface area contributed by atoms with Gasteiger partial charge in [-0.05, 0) is 54.2 Å². The number of benzene rings is 2. The molecular weight excluding hydrogens is 459 g/mol. The van der Waals surface area contributed by atoms with E-state index in [2.05, 4.69) is 30.2 Å². The van der Waals surface area contributed by atoms with Crippen LogP contribution in [0.4, 0.5) is 10.1 Å². The summed E-state index contributed by atoms with van der Waals surface area (Å²) >= 11 is 0. The molecule has 8 heteroatoms. The molecule has 3 heterocycles. The molecule has 1 aromatic heterocycles. The van der Waals surface area contributed by atoms with Crippen LogP contribution in [0, 0.1) is 11.7 Å². The third-order valence-electron chi connectivity index (χ3n) is 7.15. The highest BCUT2D eigenvalue weighted by Gasteiger charge is 2.32. The number of imidazole rings is 1. The summed E-state index contributed by atoms with van der Waals surface area (Å²) in [6.07, 6.45) is 2.68. The number of piperidine rings is 1. The van der Waals surface area contributed by atoms with E-state index >= 15 is 0 Å². The van der Waals surface area contributed by atoms with Crippen LogP contribution in [0.2, 0.25) is 0 Å². The van der Waals surface area contributed by atoms with Crippen LogP contribution >= 0.6 is 0 Å². The lowest BCUT2D eigenvalue weighted by molar-refractivity contribution is -0.121. The molecular formula is C28H31FN4O3. The predicted molar refractivity (Wildman–Crippen MR) is 134 cm³/mol. The van der Waals surface area contributed by atoms with Crippen LogP contribution < -0.4 is 5.32 Å². The number of halogens is 1. The Labute approximate surface area is 210 Å². The van der Waals surface area contributed by atoms with Gasteiger partial charge in [-0.2, -0.15) is 0 Å². The highest BCUT2D eigenvalue weighted by Crippen LogP contribution is 2.29. The third-order valence-corrected chi connectivity index (χ3v) is 7.15. The average molecular weight is 491 g/mol. The van der Waals surface area contributed by atoms with Gasteiger partial charge in [0.1, 0.15) is 11.9 Å². The number of hydrogen-bond donors (Lipinski definition) is 1. The van der Waals surface area contributed by atoms with Gasteiger partial charge in [0.25, 0.3) is 5.91 Å². The Morgan fingerprint density at radius 2 is 1.86 bits per heavy atom. The second-order valence-electron chi connectivity index (χ2n) is 9.88. The zero-order valence-corrected chi connectivity index (χ0v) is 20.6. The molecule has 1 fully saturated rings. The second kappa shape index (κ2) is 10.2. The van der Waals surface area contributed by atoms with Crippen molar-refractivity contribution in [3.05, 3.63) is 83.2 Å². The van der Waals surface area contributed by atoms with Gasteiger partial charge in [-0.15, -0.1) is 0 Å². The monoisotopic (exact) mass is 490 g/mol. The average Bonchev–Trinajstić information content (AvgIpc) is 3.32. The SMILES string of the molecule is CC(C)c1cccc(NC(=O)C2CCN(C(=O)c3ncn4c3CO[C@H](c3ccc(F)cc3)C4)CC2)c1. The molecule has 2 aliphatic rings. The molecule has 0 radical (unpaired) electrons. The smallest absolute Gasteiger partial charge is 0.274 e. The summed E-state index contributed by atoms with van der Waals surface area (Å²) in [6.45, 7) is 6.05. The number of aromatic nitrogens is 2. The Kier molecular flexibility index (Phi) is 6.87. The summed E-state index contributed by atoms with van der Waals surface area (Å²) in [7, 11) is 0. The van der Waals surface area contributed by atoms with Gasteiger partial charge in [0.2, 0.25) is 5.91 Å². The van der Waals surface area contributed by atoms with Gasteiger partial charge in [0, 0.05) is 24.7 Å². The molecule has 2 amide bonds. The van der Waals surface area contributed by atoms with Gasteiger partial charge in [0.15, 0.2) is 5.69 Å². The highest BCUT2D eigenvalue weighted by atomic mass is 19.1. The summed E-state index contributed by atoms with van der Waals surface area (Å²) in [4.78, 5) is 32.3. The Morgan fingerprint density at radius 1 is 1.11 bits per heavy atom. The lowest BCUT2D eigenvalue weighted by Crippen LogP contribution is -2.42. The molecule has 188 valence electrons. The number of likely N-dealkylation sites (tertiary alicyclic amines) is 1. The topological polar surface area (TPSA) is 76.5 Å². The summed E-state index contributed by atoms with van der Waals surface area (Å²) in [5.74, 6) is -0.150. The number of nitrogens with one attached hydrogen (secondary N) is 1. The first-order valence-corrected chi connectivity index (χ1v) is 12.5. The molecule has 0 spiro atoms. The molecule has 36 heavy (non-hydrogen) atoms. The van der Waals surface area contributed by atoms with E-state index < -0.39 is 0 Å². The van der Waals surface area contributed by atoms with Crippen LogP contribution in [0.3, 0.4) is 0 Å². The van der Waals surface area contributed by atoms with Crippen LogP contribution in [0.1, 0.15) is 66.0 Å². The summed E-state index contributed by atoms with van der Waals surface area (Å²) < 4.78 is 21.2. The number of fused-ring (bicyclic) bond motifs is 1. The van der Waals surface area contributed by atoms with E-state index in [0.29, 0.717) is 44.1 Å². The molecule has 1 atom stereocenters. The fourth-order valence-electron chi connectivity index (χ4n) is 4.90. The first kappa shape index (κ1) is 24.2.